The Morgan fingerprint density at radius 3 is 2.25 bits per heavy atom. The van der Waals surface area contributed by atoms with Crippen LogP contribution in [0.1, 0.15) is 51.4 Å². The van der Waals surface area contributed by atoms with Crippen molar-refractivity contribution in [3.63, 3.8) is 0 Å². The highest BCUT2D eigenvalue weighted by molar-refractivity contribution is 7.99. The second kappa shape index (κ2) is 7.34. The lowest BCUT2D eigenvalue weighted by molar-refractivity contribution is -0.149. The third-order valence-electron chi connectivity index (χ3n) is 4.75. The molecule has 0 spiro atoms. The van der Waals surface area contributed by atoms with Gasteiger partial charge in [-0.15, -0.1) is 0 Å². The van der Waals surface area contributed by atoms with E-state index in [4.69, 9.17) is 0 Å². The summed E-state index contributed by atoms with van der Waals surface area (Å²) in [5.41, 5.74) is 0. The Labute approximate surface area is 125 Å². The summed E-state index contributed by atoms with van der Waals surface area (Å²) < 4.78 is 0. The van der Waals surface area contributed by atoms with Crippen LogP contribution in [0.15, 0.2) is 0 Å². The normalized spacial score (nSPS) is 34.5. The highest BCUT2D eigenvalue weighted by atomic mass is 32.2. The van der Waals surface area contributed by atoms with Crippen molar-refractivity contribution in [1.82, 2.24) is 5.32 Å². The zero-order chi connectivity index (χ0) is 14.5. The molecule has 114 valence electrons. The Hall–Kier alpha value is -0.710. The SMILES string of the molecule is CSC1CCCCC1NC(=O)[C@@H]1CCCC[C@@H]1C(=O)O. The summed E-state index contributed by atoms with van der Waals surface area (Å²) >= 11 is 1.82. The molecule has 4 nitrogen and oxygen atoms in total. The lowest BCUT2D eigenvalue weighted by Crippen LogP contribution is -2.48. The van der Waals surface area contributed by atoms with Gasteiger partial charge in [0.15, 0.2) is 0 Å². The topological polar surface area (TPSA) is 66.4 Å². The van der Waals surface area contributed by atoms with Crippen molar-refractivity contribution >= 4 is 23.6 Å². The first-order valence-electron chi connectivity index (χ1n) is 7.69. The molecule has 2 aliphatic rings. The van der Waals surface area contributed by atoms with Gasteiger partial charge in [-0.1, -0.05) is 25.7 Å². The quantitative estimate of drug-likeness (QED) is 0.837. The maximum absolute atomic E-state index is 12.5. The number of nitrogens with one attached hydrogen (secondary N) is 1. The summed E-state index contributed by atoms with van der Waals surface area (Å²) in [5, 5.41) is 12.9. The summed E-state index contributed by atoms with van der Waals surface area (Å²) in [6.45, 7) is 0. The number of aliphatic carboxylic acids is 1. The molecule has 1 amide bonds. The molecule has 5 heteroatoms. The largest absolute Gasteiger partial charge is 0.481 e. The Morgan fingerprint density at radius 2 is 1.60 bits per heavy atom. The predicted octanol–water partition coefficient (Wildman–Crippen LogP) is 2.67. The second-order valence-electron chi connectivity index (χ2n) is 6.01. The summed E-state index contributed by atoms with van der Waals surface area (Å²) in [4.78, 5) is 23.8. The van der Waals surface area contributed by atoms with E-state index in [0.717, 1.165) is 38.5 Å². The Kier molecular flexibility index (Phi) is 5.75. The summed E-state index contributed by atoms with van der Waals surface area (Å²) in [7, 11) is 0. The minimum atomic E-state index is -0.810. The van der Waals surface area contributed by atoms with Crippen molar-refractivity contribution in [3.05, 3.63) is 0 Å². The van der Waals surface area contributed by atoms with Gasteiger partial charge in [-0.25, -0.2) is 0 Å². The van der Waals surface area contributed by atoms with Crippen LogP contribution in [0.2, 0.25) is 0 Å². The third-order valence-corrected chi connectivity index (χ3v) is 5.92. The van der Waals surface area contributed by atoms with Crippen molar-refractivity contribution in [2.24, 2.45) is 11.8 Å². The van der Waals surface area contributed by atoms with Crippen LogP contribution in [-0.2, 0) is 9.59 Å². The molecule has 0 saturated heterocycles. The van der Waals surface area contributed by atoms with Gasteiger partial charge in [0.25, 0.3) is 0 Å². The smallest absolute Gasteiger partial charge is 0.307 e. The number of thioether (sulfide) groups is 1. The van der Waals surface area contributed by atoms with Crippen LogP contribution in [0, 0.1) is 11.8 Å². The van der Waals surface area contributed by atoms with Crippen LogP contribution in [0.4, 0.5) is 0 Å². The number of carbonyl (C=O) groups excluding carboxylic acids is 1. The van der Waals surface area contributed by atoms with Gasteiger partial charge in [0.2, 0.25) is 5.91 Å². The maximum atomic E-state index is 12.5. The fraction of sp³-hybridized carbons (Fsp3) is 0.867. The minimum absolute atomic E-state index is 0.0250. The van der Waals surface area contributed by atoms with E-state index in [9.17, 15) is 14.7 Å². The average molecular weight is 299 g/mol. The van der Waals surface area contributed by atoms with Crippen LogP contribution < -0.4 is 5.32 Å². The van der Waals surface area contributed by atoms with Crippen molar-refractivity contribution in [2.45, 2.75) is 62.7 Å². The molecule has 2 aliphatic carbocycles. The zero-order valence-corrected chi connectivity index (χ0v) is 13.0. The molecule has 2 N–H and O–H groups in total. The number of carboxylic acid groups (broad SMARTS) is 1. The molecule has 0 aromatic carbocycles. The van der Waals surface area contributed by atoms with E-state index in [-0.39, 0.29) is 17.9 Å². The zero-order valence-electron chi connectivity index (χ0n) is 12.1. The second-order valence-corrected chi connectivity index (χ2v) is 7.09. The molecule has 2 rings (SSSR count). The van der Waals surface area contributed by atoms with Gasteiger partial charge in [-0.3, -0.25) is 9.59 Å². The predicted molar refractivity (Wildman–Crippen MR) is 80.8 cm³/mol. The van der Waals surface area contributed by atoms with E-state index in [0.29, 0.717) is 11.7 Å². The van der Waals surface area contributed by atoms with Gasteiger partial charge < -0.3 is 10.4 Å². The molecule has 2 fully saturated rings. The van der Waals surface area contributed by atoms with Crippen LogP contribution in [0.25, 0.3) is 0 Å². The molecule has 0 heterocycles. The minimum Gasteiger partial charge on any atom is -0.481 e. The van der Waals surface area contributed by atoms with Gasteiger partial charge in [-0.05, 0) is 31.9 Å². The van der Waals surface area contributed by atoms with Crippen LogP contribution in [0.5, 0.6) is 0 Å². The number of rotatable bonds is 4. The van der Waals surface area contributed by atoms with Crippen molar-refractivity contribution < 1.29 is 14.7 Å². The Bertz CT molecular complexity index is 361. The summed E-state index contributed by atoms with van der Waals surface area (Å²) in [5.74, 6) is -1.65. The van der Waals surface area contributed by atoms with E-state index in [1.165, 1.54) is 6.42 Å². The van der Waals surface area contributed by atoms with E-state index in [1.807, 2.05) is 11.8 Å². The maximum Gasteiger partial charge on any atom is 0.307 e. The molecule has 2 unspecified atom stereocenters. The van der Waals surface area contributed by atoms with Gasteiger partial charge in [0.05, 0.1) is 11.8 Å². The van der Waals surface area contributed by atoms with Gasteiger partial charge in [-0.2, -0.15) is 11.8 Å². The number of carbonyl (C=O) groups is 2. The van der Waals surface area contributed by atoms with Crippen molar-refractivity contribution in [2.75, 3.05) is 6.26 Å². The van der Waals surface area contributed by atoms with E-state index in [2.05, 4.69) is 11.6 Å². The summed E-state index contributed by atoms with van der Waals surface area (Å²) in [6, 6.07) is 0.225. The van der Waals surface area contributed by atoms with Gasteiger partial charge in [0.1, 0.15) is 0 Å². The van der Waals surface area contributed by atoms with Crippen molar-refractivity contribution in [3.8, 4) is 0 Å². The molecule has 0 aromatic heterocycles. The fourth-order valence-corrected chi connectivity index (χ4v) is 4.51. The van der Waals surface area contributed by atoms with Crippen LogP contribution in [0.3, 0.4) is 0 Å². The lowest BCUT2D eigenvalue weighted by atomic mass is 9.78. The average Bonchev–Trinajstić information content (AvgIpc) is 2.47. The van der Waals surface area contributed by atoms with Crippen molar-refractivity contribution in [1.29, 1.82) is 0 Å². The monoisotopic (exact) mass is 299 g/mol. The molecular formula is C15H25NO3S. The summed E-state index contributed by atoms with van der Waals surface area (Å²) in [6.07, 6.45) is 9.93. The number of hydrogen-bond donors (Lipinski definition) is 2. The fourth-order valence-electron chi connectivity index (χ4n) is 3.57. The highest BCUT2D eigenvalue weighted by Crippen LogP contribution is 2.32. The number of carboxylic acids is 1. The molecule has 2 saturated carbocycles. The third kappa shape index (κ3) is 3.68. The van der Waals surface area contributed by atoms with Crippen LogP contribution in [-0.4, -0.2) is 34.5 Å². The molecule has 4 atom stereocenters. The molecule has 0 bridgehead atoms. The number of amides is 1. The molecule has 0 aliphatic heterocycles. The molecule has 0 radical (unpaired) electrons. The van der Waals surface area contributed by atoms with Gasteiger partial charge in [0, 0.05) is 11.3 Å². The molecular weight excluding hydrogens is 274 g/mol. The Balaban J connectivity index is 1.96. The standard InChI is InChI=1S/C15H25NO3S/c1-20-13-9-5-4-8-12(13)16-14(17)10-6-2-3-7-11(10)15(18)19/h10-13H,2-9H2,1H3,(H,16,17)(H,18,19)/t10-,11+,12?,13?/m1/s1. The molecule has 20 heavy (non-hydrogen) atoms. The number of hydrogen-bond acceptors (Lipinski definition) is 3. The first kappa shape index (κ1) is 15.7. The first-order valence-corrected chi connectivity index (χ1v) is 8.98. The van der Waals surface area contributed by atoms with Gasteiger partial charge >= 0.3 is 5.97 Å². The highest BCUT2D eigenvalue weighted by Gasteiger charge is 2.37. The Morgan fingerprint density at radius 1 is 1.00 bits per heavy atom. The van der Waals surface area contributed by atoms with E-state index in [1.54, 1.807) is 0 Å². The molecule has 0 aromatic rings. The van der Waals surface area contributed by atoms with Crippen LogP contribution >= 0.6 is 11.8 Å². The van der Waals surface area contributed by atoms with E-state index >= 15 is 0 Å². The lowest BCUT2D eigenvalue weighted by Gasteiger charge is -2.34. The van der Waals surface area contributed by atoms with E-state index < -0.39 is 11.9 Å². The first-order chi connectivity index (χ1) is 9.63.